The molecule has 156 valence electrons. The van der Waals surface area contributed by atoms with Crippen LogP contribution in [-0.4, -0.2) is 27.4 Å². The van der Waals surface area contributed by atoms with Gasteiger partial charge in [0.2, 0.25) is 0 Å². The van der Waals surface area contributed by atoms with Gasteiger partial charge in [-0.05, 0) is 42.5 Å². The van der Waals surface area contributed by atoms with Gasteiger partial charge in [-0.3, -0.25) is 14.8 Å². The molecule has 0 saturated carbocycles. The summed E-state index contributed by atoms with van der Waals surface area (Å²) in [4.78, 5) is 24.7. The molecule has 0 radical (unpaired) electrons. The monoisotopic (exact) mass is 417 g/mol. The molecule has 0 fully saturated rings. The molecular formula is C22H20FN7O. The fourth-order valence-corrected chi connectivity index (χ4v) is 3.16. The van der Waals surface area contributed by atoms with Crippen LogP contribution in [0.4, 0.5) is 21.7 Å². The number of nitrogens with zero attached hydrogens (tertiary/aromatic N) is 3. The van der Waals surface area contributed by atoms with Crippen molar-refractivity contribution in [3.63, 3.8) is 0 Å². The highest BCUT2D eigenvalue weighted by atomic mass is 19.1. The highest BCUT2D eigenvalue weighted by Gasteiger charge is 2.19. The second kappa shape index (κ2) is 8.72. The number of hydrogen-bond donors (Lipinski definition) is 4. The number of benzene rings is 1. The first-order chi connectivity index (χ1) is 15.0. The van der Waals surface area contributed by atoms with E-state index in [0.29, 0.717) is 11.4 Å². The first kappa shape index (κ1) is 20.2. The molecule has 3 aromatic heterocycles. The Kier molecular flexibility index (Phi) is 5.67. The first-order valence-electron chi connectivity index (χ1n) is 9.55. The Morgan fingerprint density at radius 2 is 1.87 bits per heavy atom. The minimum absolute atomic E-state index is 0.0727. The standard InChI is InChI=1S/C22H20FN7O/c23-16-11-15(20(25)31)21(28-14-6-7-17-13(10-14)4-3-9-26-17)30-22(16)29-19(12-24)18-5-1-2-8-27-18/h1-11,19H,12,24H2,(H2,25,31)(H2,28,29,30)/t19-/m1/s1. The topological polar surface area (TPSA) is 132 Å². The molecule has 0 saturated heterocycles. The maximum atomic E-state index is 14.7. The van der Waals surface area contributed by atoms with Gasteiger partial charge in [0.25, 0.3) is 5.91 Å². The lowest BCUT2D eigenvalue weighted by Crippen LogP contribution is -2.23. The van der Waals surface area contributed by atoms with Gasteiger partial charge in [-0.2, -0.15) is 0 Å². The van der Waals surface area contributed by atoms with E-state index in [1.807, 2.05) is 30.3 Å². The Morgan fingerprint density at radius 3 is 2.61 bits per heavy atom. The summed E-state index contributed by atoms with van der Waals surface area (Å²) in [5.41, 5.74) is 13.3. The molecule has 1 amide bonds. The number of aromatic nitrogens is 3. The van der Waals surface area contributed by atoms with Crippen molar-refractivity contribution in [1.29, 1.82) is 0 Å². The van der Waals surface area contributed by atoms with Crippen LogP contribution < -0.4 is 22.1 Å². The van der Waals surface area contributed by atoms with Gasteiger partial charge in [-0.1, -0.05) is 12.1 Å². The van der Waals surface area contributed by atoms with Crippen molar-refractivity contribution in [1.82, 2.24) is 15.0 Å². The van der Waals surface area contributed by atoms with Crippen LogP contribution in [0.15, 0.2) is 67.0 Å². The van der Waals surface area contributed by atoms with Crippen LogP contribution in [0.1, 0.15) is 22.1 Å². The van der Waals surface area contributed by atoms with E-state index in [-0.39, 0.29) is 23.7 Å². The summed E-state index contributed by atoms with van der Waals surface area (Å²) in [6.07, 6.45) is 3.33. The van der Waals surface area contributed by atoms with Crippen LogP contribution in [0.5, 0.6) is 0 Å². The lowest BCUT2D eigenvalue weighted by molar-refractivity contribution is 0.100. The molecule has 9 heteroatoms. The fourth-order valence-electron chi connectivity index (χ4n) is 3.16. The molecule has 1 aromatic carbocycles. The van der Waals surface area contributed by atoms with Crippen molar-refractivity contribution in [2.75, 3.05) is 17.2 Å². The van der Waals surface area contributed by atoms with Gasteiger partial charge < -0.3 is 22.1 Å². The Hall–Kier alpha value is -4.11. The molecule has 4 aromatic rings. The lowest BCUT2D eigenvalue weighted by atomic mass is 10.1. The van der Waals surface area contributed by atoms with E-state index >= 15 is 0 Å². The van der Waals surface area contributed by atoms with E-state index < -0.39 is 17.8 Å². The van der Waals surface area contributed by atoms with Crippen LogP contribution >= 0.6 is 0 Å². The third kappa shape index (κ3) is 4.41. The van der Waals surface area contributed by atoms with Gasteiger partial charge in [0, 0.05) is 30.0 Å². The van der Waals surface area contributed by atoms with Crippen LogP contribution in [0.3, 0.4) is 0 Å². The molecule has 31 heavy (non-hydrogen) atoms. The summed E-state index contributed by atoms with van der Waals surface area (Å²) < 4.78 is 14.7. The van der Waals surface area contributed by atoms with Crippen molar-refractivity contribution in [3.8, 4) is 0 Å². The average Bonchev–Trinajstić information content (AvgIpc) is 2.79. The highest BCUT2D eigenvalue weighted by molar-refractivity contribution is 5.99. The maximum Gasteiger partial charge on any atom is 0.252 e. The summed E-state index contributed by atoms with van der Waals surface area (Å²) in [6, 6.07) is 15.1. The van der Waals surface area contributed by atoms with E-state index in [1.165, 1.54) is 0 Å². The predicted molar refractivity (Wildman–Crippen MR) is 117 cm³/mol. The zero-order valence-corrected chi connectivity index (χ0v) is 16.4. The molecule has 1 atom stereocenters. The van der Waals surface area contributed by atoms with Gasteiger partial charge in [-0.15, -0.1) is 0 Å². The number of fused-ring (bicyclic) bond motifs is 1. The number of primary amides is 1. The van der Waals surface area contributed by atoms with E-state index in [2.05, 4.69) is 25.6 Å². The quantitative estimate of drug-likeness (QED) is 0.363. The van der Waals surface area contributed by atoms with Gasteiger partial charge in [0.1, 0.15) is 5.82 Å². The van der Waals surface area contributed by atoms with E-state index in [0.717, 1.165) is 17.0 Å². The van der Waals surface area contributed by atoms with Crippen molar-refractivity contribution >= 4 is 34.1 Å². The fraction of sp³-hybridized carbons (Fsp3) is 0.0909. The second-order valence-electron chi connectivity index (χ2n) is 6.80. The zero-order valence-electron chi connectivity index (χ0n) is 16.4. The predicted octanol–water partition coefficient (Wildman–Crippen LogP) is 3.12. The van der Waals surface area contributed by atoms with Gasteiger partial charge >= 0.3 is 0 Å². The summed E-state index contributed by atoms with van der Waals surface area (Å²) in [5, 5.41) is 6.91. The summed E-state index contributed by atoms with van der Waals surface area (Å²) in [7, 11) is 0. The molecule has 3 heterocycles. The maximum absolute atomic E-state index is 14.7. The normalized spacial score (nSPS) is 11.8. The molecule has 0 spiro atoms. The minimum atomic E-state index is -0.803. The van der Waals surface area contributed by atoms with Gasteiger partial charge in [0.05, 0.1) is 22.8 Å². The molecule has 0 unspecified atom stereocenters. The van der Waals surface area contributed by atoms with Crippen molar-refractivity contribution in [2.45, 2.75) is 6.04 Å². The number of pyridine rings is 3. The number of halogens is 1. The molecule has 0 aliphatic carbocycles. The van der Waals surface area contributed by atoms with Crippen molar-refractivity contribution in [3.05, 3.63) is 84.1 Å². The van der Waals surface area contributed by atoms with Gasteiger partial charge in [0.15, 0.2) is 11.6 Å². The van der Waals surface area contributed by atoms with Crippen LogP contribution in [0.2, 0.25) is 0 Å². The van der Waals surface area contributed by atoms with Crippen LogP contribution in [-0.2, 0) is 0 Å². The molecule has 6 N–H and O–H groups in total. The smallest absolute Gasteiger partial charge is 0.252 e. The van der Waals surface area contributed by atoms with E-state index in [9.17, 15) is 9.18 Å². The molecule has 8 nitrogen and oxygen atoms in total. The molecular weight excluding hydrogens is 397 g/mol. The number of carbonyl (C=O) groups excluding carboxylic acids is 1. The molecule has 0 aliphatic rings. The van der Waals surface area contributed by atoms with E-state index in [4.69, 9.17) is 11.5 Å². The number of carbonyl (C=O) groups is 1. The Bertz CT molecular complexity index is 1230. The Labute approximate surface area is 177 Å². The van der Waals surface area contributed by atoms with E-state index in [1.54, 1.807) is 30.6 Å². The largest absolute Gasteiger partial charge is 0.365 e. The minimum Gasteiger partial charge on any atom is -0.365 e. The third-order valence-corrected chi connectivity index (χ3v) is 4.70. The molecule has 4 rings (SSSR count). The number of anilines is 3. The van der Waals surface area contributed by atoms with Crippen LogP contribution in [0.25, 0.3) is 10.9 Å². The van der Waals surface area contributed by atoms with Crippen molar-refractivity contribution in [2.24, 2.45) is 11.5 Å². The highest BCUT2D eigenvalue weighted by Crippen LogP contribution is 2.27. The number of amides is 1. The van der Waals surface area contributed by atoms with Gasteiger partial charge in [-0.25, -0.2) is 9.37 Å². The number of rotatable bonds is 7. The summed E-state index contributed by atoms with van der Waals surface area (Å²) in [6.45, 7) is 0.163. The molecule has 0 aliphatic heterocycles. The average molecular weight is 417 g/mol. The first-order valence-corrected chi connectivity index (χ1v) is 9.55. The molecule has 0 bridgehead atoms. The van der Waals surface area contributed by atoms with Crippen molar-refractivity contribution < 1.29 is 9.18 Å². The number of nitrogens with two attached hydrogens (primary N) is 2. The lowest BCUT2D eigenvalue weighted by Gasteiger charge is -2.19. The summed E-state index contributed by atoms with van der Waals surface area (Å²) in [5.74, 6) is -1.48. The third-order valence-electron chi connectivity index (χ3n) is 4.70. The summed E-state index contributed by atoms with van der Waals surface area (Å²) >= 11 is 0. The Balaban J connectivity index is 1.69. The Morgan fingerprint density at radius 1 is 1.03 bits per heavy atom. The zero-order chi connectivity index (χ0) is 21.8. The SMILES string of the molecule is NC[C@@H](Nc1nc(Nc2ccc3ncccc3c2)c(C(N)=O)cc1F)c1ccccn1. The number of hydrogen-bond acceptors (Lipinski definition) is 7. The van der Waals surface area contributed by atoms with Crippen LogP contribution in [0, 0.1) is 5.82 Å². The second-order valence-corrected chi connectivity index (χ2v) is 6.80. The number of nitrogens with one attached hydrogen (secondary N) is 2.